The van der Waals surface area contributed by atoms with Crippen molar-refractivity contribution in [3.63, 3.8) is 0 Å². The quantitative estimate of drug-likeness (QED) is 0.0360. The van der Waals surface area contributed by atoms with Gasteiger partial charge in [0.15, 0.2) is 0 Å². The van der Waals surface area contributed by atoms with Crippen LogP contribution in [-0.4, -0.2) is 40.6 Å². The van der Waals surface area contributed by atoms with E-state index in [0.717, 1.165) is 51.4 Å². The average molecular weight is 835 g/mol. The van der Waals surface area contributed by atoms with E-state index >= 15 is 0 Å². The highest BCUT2D eigenvalue weighted by Gasteiger charge is 2.48. The summed E-state index contributed by atoms with van der Waals surface area (Å²) in [5, 5.41) is 20.5. The molecule has 0 saturated heterocycles. The van der Waals surface area contributed by atoms with Gasteiger partial charge in [0.1, 0.15) is 11.2 Å². The van der Waals surface area contributed by atoms with Crippen LogP contribution in [0.25, 0.3) is 0 Å². The third kappa shape index (κ3) is 36.0. The van der Waals surface area contributed by atoms with Crippen molar-refractivity contribution in [2.45, 2.75) is 309 Å². The van der Waals surface area contributed by atoms with E-state index in [-0.39, 0.29) is 31.5 Å². The Morgan fingerprint density at radius 1 is 0.407 bits per heavy atom. The van der Waals surface area contributed by atoms with Crippen LogP contribution in [0.15, 0.2) is 0 Å². The Balaban J connectivity index is 4.96. The average Bonchev–Trinajstić information content (AvgIpc) is 3.23. The number of aliphatic hydroxyl groups is 2. The summed E-state index contributed by atoms with van der Waals surface area (Å²) in [6.45, 7) is 6.24. The Morgan fingerprint density at radius 3 is 0.983 bits per heavy atom. The van der Waals surface area contributed by atoms with E-state index in [1.807, 2.05) is 0 Å². The molecule has 6 nitrogen and oxygen atoms in total. The number of esters is 2. The van der Waals surface area contributed by atoms with Gasteiger partial charge in [-0.2, -0.15) is 0 Å². The molecule has 0 aromatic carbocycles. The van der Waals surface area contributed by atoms with Gasteiger partial charge in [0, 0.05) is 12.8 Å². The van der Waals surface area contributed by atoms with Crippen LogP contribution in [0.4, 0.5) is 0 Å². The number of rotatable bonds is 48. The number of unbranched alkanes of at least 4 members (excludes halogenated alkanes) is 37. The summed E-state index contributed by atoms with van der Waals surface area (Å²) in [5.41, 5.74) is -1.60. The Hall–Kier alpha value is -1.27. The number of hydrogen-bond acceptors (Lipinski definition) is 6. The molecule has 2 atom stereocenters. The van der Waals surface area contributed by atoms with Gasteiger partial charge >= 0.3 is 11.9 Å². The zero-order valence-electron chi connectivity index (χ0n) is 39.9. The van der Waals surface area contributed by atoms with E-state index in [1.165, 1.54) is 186 Å². The monoisotopic (exact) mass is 835 g/mol. The van der Waals surface area contributed by atoms with Gasteiger partial charge in [0.2, 0.25) is 0 Å². The van der Waals surface area contributed by atoms with Crippen LogP contribution in [-0.2, 0) is 19.1 Å². The first-order valence-electron chi connectivity index (χ1n) is 26.4. The lowest BCUT2D eigenvalue weighted by molar-refractivity contribution is -0.172. The minimum absolute atomic E-state index is 0.161. The lowest BCUT2D eigenvalue weighted by Crippen LogP contribution is -2.45. The number of aliphatic hydroxyl groups excluding tert-OH is 2. The number of ether oxygens (including phenoxy) is 1. The van der Waals surface area contributed by atoms with Crippen LogP contribution in [0.5, 0.6) is 0 Å². The fourth-order valence-corrected chi connectivity index (χ4v) is 8.82. The van der Waals surface area contributed by atoms with E-state index in [9.17, 15) is 24.6 Å². The highest BCUT2D eigenvalue weighted by Crippen LogP contribution is 2.36. The minimum atomic E-state index is -1.60. The van der Waals surface area contributed by atoms with Gasteiger partial charge < -0.3 is 14.9 Å². The fourth-order valence-electron chi connectivity index (χ4n) is 8.82. The molecule has 0 fully saturated rings. The number of carbonyl (C=O) groups is 3. The molecule has 59 heavy (non-hydrogen) atoms. The van der Waals surface area contributed by atoms with Crippen LogP contribution in [0.2, 0.25) is 0 Å². The zero-order chi connectivity index (χ0) is 43.3. The maximum atomic E-state index is 14.1. The first-order valence-corrected chi connectivity index (χ1v) is 26.4. The summed E-state index contributed by atoms with van der Waals surface area (Å²) in [7, 11) is 0. The maximum absolute atomic E-state index is 14.1. The van der Waals surface area contributed by atoms with Gasteiger partial charge in [-0.25, -0.2) is 0 Å². The predicted octanol–water partition coefficient (Wildman–Crippen LogP) is 16.2. The normalized spacial score (nSPS) is 13.1. The van der Waals surface area contributed by atoms with Crippen molar-refractivity contribution in [1.82, 2.24) is 0 Å². The third-order valence-electron chi connectivity index (χ3n) is 12.9. The summed E-state index contributed by atoms with van der Waals surface area (Å²) in [4.78, 5) is 41.0. The van der Waals surface area contributed by atoms with Crippen molar-refractivity contribution >= 4 is 17.7 Å². The van der Waals surface area contributed by atoms with Crippen LogP contribution in [0.3, 0.4) is 0 Å². The molecule has 0 amide bonds. The second-order valence-corrected chi connectivity index (χ2v) is 18.6. The van der Waals surface area contributed by atoms with E-state index in [4.69, 9.17) is 4.74 Å². The SMILES string of the molecule is CCCCCCCCCCCCCCCCC(CC(O)CO)(C(=O)CCCCCCCCCCCCCCC)C(=O)OC(=O)CCCCCCCCCCCCCCC. The van der Waals surface area contributed by atoms with Gasteiger partial charge in [-0.3, -0.25) is 14.4 Å². The molecule has 0 radical (unpaired) electrons. The van der Waals surface area contributed by atoms with E-state index in [0.29, 0.717) is 19.3 Å². The molecule has 0 bridgehead atoms. The number of ketones is 1. The second kappa shape index (κ2) is 44.8. The van der Waals surface area contributed by atoms with Crippen LogP contribution in [0.1, 0.15) is 303 Å². The molecule has 2 unspecified atom stereocenters. The molecule has 0 heterocycles. The van der Waals surface area contributed by atoms with Crippen LogP contribution < -0.4 is 0 Å². The maximum Gasteiger partial charge on any atom is 0.327 e. The number of Topliss-reactive ketones (excluding diaryl/α,β-unsaturated/α-hetero) is 1. The Morgan fingerprint density at radius 2 is 0.678 bits per heavy atom. The summed E-state index contributed by atoms with van der Waals surface area (Å²) >= 11 is 0. The Bertz CT molecular complexity index is 920. The molecular weight excluding hydrogens is 733 g/mol. The van der Waals surface area contributed by atoms with Gasteiger partial charge in [-0.1, -0.05) is 265 Å². The van der Waals surface area contributed by atoms with Crippen molar-refractivity contribution in [2.24, 2.45) is 5.41 Å². The summed E-state index contributed by atoms with van der Waals surface area (Å²) < 4.78 is 5.49. The van der Waals surface area contributed by atoms with Gasteiger partial charge in [-0.15, -0.1) is 0 Å². The lowest BCUT2D eigenvalue weighted by atomic mass is 9.72. The Labute approximate surface area is 367 Å². The Kier molecular flexibility index (Phi) is 43.8. The van der Waals surface area contributed by atoms with Crippen molar-refractivity contribution < 1.29 is 29.3 Å². The van der Waals surface area contributed by atoms with Crippen molar-refractivity contribution in [3.05, 3.63) is 0 Å². The second-order valence-electron chi connectivity index (χ2n) is 18.6. The topological polar surface area (TPSA) is 101 Å². The molecule has 0 aliphatic heterocycles. The predicted molar refractivity (Wildman–Crippen MR) is 252 cm³/mol. The fraction of sp³-hybridized carbons (Fsp3) is 0.943. The molecule has 0 aliphatic carbocycles. The highest BCUT2D eigenvalue weighted by atomic mass is 16.6. The molecule has 350 valence electrons. The highest BCUT2D eigenvalue weighted by molar-refractivity contribution is 6.06. The lowest BCUT2D eigenvalue weighted by Gasteiger charge is -2.31. The standard InChI is InChI=1S/C53H102O6/c1-4-7-10-13-16-19-22-25-28-31-34-37-40-43-46-53(47-49(55)48-54,50(56)44-41-38-35-32-29-26-23-20-17-14-11-8-5-2)52(58)59-51(57)45-42-39-36-33-30-27-24-21-18-15-12-9-6-3/h49,54-55H,4-48H2,1-3H3. The van der Waals surface area contributed by atoms with Gasteiger partial charge in [0.25, 0.3) is 0 Å². The van der Waals surface area contributed by atoms with Crippen molar-refractivity contribution in [2.75, 3.05) is 6.61 Å². The smallest absolute Gasteiger partial charge is 0.327 e. The molecule has 6 heteroatoms. The van der Waals surface area contributed by atoms with Crippen LogP contribution >= 0.6 is 0 Å². The molecule has 2 N–H and O–H groups in total. The molecule has 0 aromatic heterocycles. The minimum Gasteiger partial charge on any atom is -0.394 e. The van der Waals surface area contributed by atoms with Crippen molar-refractivity contribution in [3.8, 4) is 0 Å². The molecule has 0 rings (SSSR count). The van der Waals surface area contributed by atoms with Crippen molar-refractivity contribution in [1.29, 1.82) is 0 Å². The molecule has 0 spiro atoms. The van der Waals surface area contributed by atoms with Gasteiger partial charge in [-0.05, 0) is 25.7 Å². The molecule has 0 saturated carbocycles. The van der Waals surface area contributed by atoms with Gasteiger partial charge in [0.05, 0.1) is 12.7 Å². The van der Waals surface area contributed by atoms with E-state index < -0.39 is 30.1 Å². The third-order valence-corrected chi connectivity index (χ3v) is 12.9. The number of hydrogen-bond donors (Lipinski definition) is 2. The first-order chi connectivity index (χ1) is 28.9. The first kappa shape index (κ1) is 57.7. The molecule has 0 aromatic rings. The summed E-state index contributed by atoms with van der Waals surface area (Å²) in [5.74, 6) is -1.61. The zero-order valence-corrected chi connectivity index (χ0v) is 39.9. The molecule has 0 aliphatic rings. The largest absolute Gasteiger partial charge is 0.394 e. The van der Waals surface area contributed by atoms with Crippen LogP contribution in [0, 0.1) is 5.41 Å². The molecular formula is C53H102O6. The van der Waals surface area contributed by atoms with E-state index in [1.54, 1.807) is 0 Å². The number of carbonyl (C=O) groups excluding carboxylic acids is 3. The van der Waals surface area contributed by atoms with E-state index in [2.05, 4.69) is 20.8 Å². The summed E-state index contributed by atoms with van der Waals surface area (Å²) in [6, 6.07) is 0. The summed E-state index contributed by atoms with van der Waals surface area (Å²) in [6.07, 6.45) is 47.5.